The van der Waals surface area contributed by atoms with Crippen LogP contribution in [0.4, 0.5) is 5.69 Å². The van der Waals surface area contributed by atoms with Gasteiger partial charge >= 0.3 is 18.9 Å². The van der Waals surface area contributed by atoms with E-state index in [1.165, 1.54) is 0 Å². The smallest absolute Gasteiger partial charge is 0.496 e. The van der Waals surface area contributed by atoms with Gasteiger partial charge in [-0.3, -0.25) is 34.3 Å². The number of piperidine rings is 1. The number of nitrogens with one attached hydrogen (secondary N) is 2. The Labute approximate surface area is 363 Å². The van der Waals surface area contributed by atoms with Gasteiger partial charge in [-0.15, -0.1) is 5.92 Å². The molecule has 2 amide bonds. The molecule has 310 valence electrons. The SMILES string of the molecule is [CH2-]C1CN(Cc2c(OC)cc(-c3c[nH]c(=O)c4cnc(C5CC5)cc34)cc2OC)C1.[CH2-]CC1(C[CH2-])CN(c2ccc3c(c2)C(=O)C(CCC2CCC(=O)NC2=O)C3=O)C1.[Li+]. The Morgan fingerprint density at radius 1 is 0.850 bits per heavy atom. The van der Waals surface area contributed by atoms with Crippen LogP contribution in [0.5, 0.6) is 11.5 Å². The molecule has 5 aliphatic rings. The van der Waals surface area contributed by atoms with Crippen molar-refractivity contribution in [1.82, 2.24) is 20.2 Å². The molecular weight excluding hydrogens is 753 g/mol. The molecule has 9 rings (SSSR count). The molecule has 0 radical (unpaired) electrons. The Morgan fingerprint density at radius 2 is 1.53 bits per heavy atom. The van der Waals surface area contributed by atoms with E-state index >= 15 is 0 Å². The molecule has 4 aromatic rings. The minimum absolute atomic E-state index is 0. The van der Waals surface area contributed by atoms with Gasteiger partial charge in [0.2, 0.25) is 11.8 Å². The van der Waals surface area contributed by atoms with Crippen LogP contribution in [-0.2, 0) is 16.1 Å². The van der Waals surface area contributed by atoms with Crippen LogP contribution in [0, 0.1) is 43.9 Å². The Bertz CT molecular complexity index is 2350. The van der Waals surface area contributed by atoms with Gasteiger partial charge in [0, 0.05) is 78.4 Å². The molecule has 13 heteroatoms. The van der Waals surface area contributed by atoms with E-state index in [0.717, 1.165) is 103 Å². The molecule has 1 saturated carbocycles. The normalized spacial score (nSPS) is 21.0. The number of carbonyl (C=O) groups excluding carboxylic acids is 4. The van der Waals surface area contributed by atoms with Gasteiger partial charge in [0.1, 0.15) is 11.5 Å². The molecule has 2 unspecified atom stereocenters. The summed E-state index contributed by atoms with van der Waals surface area (Å²) in [7, 11) is 3.37. The van der Waals surface area contributed by atoms with Crippen LogP contribution in [0.25, 0.3) is 21.9 Å². The van der Waals surface area contributed by atoms with Crippen molar-refractivity contribution in [3.8, 4) is 22.6 Å². The summed E-state index contributed by atoms with van der Waals surface area (Å²) in [6, 6.07) is 11.6. The number of anilines is 1. The summed E-state index contributed by atoms with van der Waals surface area (Å²) in [5, 5.41) is 3.84. The Kier molecular flexibility index (Phi) is 12.8. The Morgan fingerprint density at radius 3 is 2.15 bits per heavy atom. The topological polar surface area (TPSA) is 151 Å². The standard InChI is InChI=1S/C24H26N3O3.C23H26N2O4.Li/c1-14-11-27(12-14)13-20-22(29-2)6-16(7-23(20)30-3)18-9-26-24(28)19-10-25-21(8-17(18)19)15-4-5-15;1-3-23(4-2)12-25(13-23)15-7-9-16-18(11-15)21(28)17(20(16)27)8-5-14-6-10-19(26)24-22(14)29;/h6-10,14-15H,1,4-5,11-13H2,2-3H3,(H,26,28);7,9,11,14,17H,1-6,8,10,12-13H2,(H,24,26,29);/q-1;-2;+1. The Balaban J connectivity index is 0.000000179. The third kappa shape index (κ3) is 8.43. The van der Waals surface area contributed by atoms with Gasteiger partial charge in [0.25, 0.3) is 5.56 Å². The van der Waals surface area contributed by atoms with Crippen molar-refractivity contribution < 1.29 is 47.5 Å². The average Bonchev–Trinajstić information content (AvgIpc) is 4.04. The number of rotatable bonds is 12. The van der Waals surface area contributed by atoms with Crippen LogP contribution < -0.4 is 44.1 Å². The summed E-state index contributed by atoms with van der Waals surface area (Å²) in [5.74, 6) is 0.679. The first-order valence-electron chi connectivity index (χ1n) is 20.7. The molecule has 2 aliphatic carbocycles. The summed E-state index contributed by atoms with van der Waals surface area (Å²) in [6.07, 6.45) is 9.03. The zero-order valence-corrected chi connectivity index (χ0v) is 34.9. The first-order chi connectivity index (χ1) is 28.4. The number of aromatic amines is 1. The largest absolute Gasteiger partial charge is 1.00 e. The quantitative estimate of drug-likeness (QED) is 0.0943. The number of methoxy groups -OCH3 is 2. The van der Waals surface area contributed by atoms with Crippen molar-refractivity contribution in [3.05, 3.63) is 102 Å². The molecule has 12 nitrogen and oxygen atoms in total. The summed E-state index contributed by atoms with van der Waals surface area (Å²) in [5.41, 5.74) is 5.92. The van der Waals surface area contributed by atoms with E-state index in [1.807, 2.05) is 24.3 Å². The second kappa shape index (κ2) is 17.7. The van der Waals surface area contributed by atoms with E-state index in [1.54, 1.807) is 32.7 Å². The zero-order chi connectivity index (χ0) is 41.6. The maximum atomic E-state index is 12.9. The fourth-order valence-corrected chi connectivity index (χ4v) is 9.01. The molecule has 2 aromatic heterocycles. The van der Waals surface area contributed by atoms with E-state index in [-0.39, 0.29) is 59.1 Å². The number of hydrogen-bond acceptors (Lipinski definition) is 10. The van der Waals surface area contributed by atoms with Crippen LogP contribution in [-0.4, -0.2) is 78.6 Å². The molecule has 60 heavy (non-hydrogen) atoms. The summed E-state index contributed by atoms with van der Waals surface area (Å²) >= 11 is 0. The third-order valence-corrected chi connectivity index (χ3v) is 12.9. The van der Waals surface area contributed by atoms with Gasteiger partial charge < -0.3 is 45.0 Å². The molecule has 0 bridgehead atoms. The number of nitrogens with zero attached hydrogens (tertiary/aromatic N) is 3. The van der Waals surface area contributed by atoms with Crippen molar-refractivity contribution >= 4 is 39.8 Å². The fraction of sp³-hybridized carbons (Fsp3) is 0.426. The average molecular weight is 806 g/mol. The molecule has 4 fully saturated rings. The zero-order valence-electron chi connectivity index (χ0n) is 34.9. The number of amides is 2. The van der Waals surface area contributed by atoms with Crippen LogP contribution >= 0.6 is 0 Å². The molecular formula is C47H52LiN5O7-2. The maximum absolute atomic E-state index is 12.9. The van der Waals surface area contributed by atoms with Gasteiger partial charge in [0.05, 0.1) is 31.1 Å². The van der Waals surface area contributed by atoms with Crippen molar-refractivity contribution in [3.63, 3.8) is 0 Å². The predicted octanol–water partition coefficient (Wildman–Crippen LogP) is 3.52. The van der Waals surface area contributed by atoms with Gasteiger partial charge in [-0.25, -0.2) is 0 Å². The number of carbonyl (C=O) groups is 4. The first kappa shape index (κ1) is 43.3. The van der Waals surface area contributed by atoms with E-state index in [2.05, 4.69) is 51.9 Å². The summed E-state index contributed by atoms with van der Waals surface area (Å²) in [4.78, 5) is 73.2. The molecule has 3 aliphatic heterocycles. The van der Waals surface area contributed by atoms with Crippen LogP contribution in [0.2, 0.25) is 0 Å². The van der Waals surface area contributed by atoms with Crippen molar-refractivity contribution in [2.75, 3.05) is 45.3 Å². The number of ether oxygens (including phenoxy) is 2. The van der Waals surface area contributed by atoms with E-state index in [9.17, 15) is 24.0 Å². The number of benzene rings is 2. The van der Waals surface area contributed by atoms with Gasteiger partial charge in [-0.05, 0) is 98.0 Å². The molecule has 2 N–H and O–H groups in total. The van der Waals surface area contributed by atoms with Crippen LogP contribution in [0.1, 0.15) is 89.3 Å². The number of aromatic nitrogens is 2. The van der Waals surface area contributed by atoms with Gasteiger partial charge in [0.15, 0.2) is 11.6 Å². The van der Waals surface area contributed by atoms with Crippen molar-refractivity contribution in [1.29, 1.82) is 0 Å². The predicted molar refractivity (Wildman–Crippen MR) is 225 cm³/mol. The molecule has 2 atom stereocenters. The Hall–Kier alpha value is -4.76. The maximum Gasteiger partial charge on any atom is 1.00 e. The first-order valence-corrected chi connectivity index (χ1v) is 20.7. The number of hydrogen-bond donors (Lipinski definition) is 2. The molecule has 3 saturated heterocycles. The fourth-order valence-electron chi connectivity index (χ4n) is 9.01. The minimum atomic E-state index is -0.721. The molecule has 0 spiro atoms. The summed E-state index contributed by atoms with van der Waals surface area (Å²) in [6.45, 7) is 16.6. The number of likely N-dealkylation sites (tertiary alicyclic amines) is 1. The molecule has 2 aromatic carbocycles. The number of pyridine rings is 2. The number of fused-ring (bicyclic) bond motifs is 2. The van der Waals surface area contributed by atoms with Crippen LogP contribution in [0.15, 0.2) is 53.6 Å². The number of ketones is 2. The van der Waals surface area contributed by atoms with Crippen LogP contribution in [0.3, 0.4) is 0 Å². The third-order valence-electron chi connectivity index (χ3n) is 12.9. The van der Waals surface area contributed by atoms with Crippen molar-refractivity contribution in [2.45, 2.75) is 63.8 Å². The minimum Gasteiger partial charge on any atom is -0.496 e. The van der Waals surface area contributed by atoms with E-state index < -0.39 is 5.92 Å². The second-order valence-electron chi connectivity index (χ2n) is 17.0. The number of Topliss-reactive ketones (excluding diaryl/α,β-unsaturated/α-hetero) is 2. The number of H-pyrrole nitrogens is 1. The van der Waals surface area contributed by atoms with Gasteiger partial charge in [-0.1, -0.05) is 0 Å². The van der Waals surface area contributed by atoms with E-state index in [0.29, 0.717) is 54.0 Å². The second-order valence-corrected chi connectivity index (χ2v) is 17.0. The number of imide groups is 1. The van der Waals surface area contributed by atoms with E-state index in [4.69, 9.17) is 9.47 Å². The summed E-state index contributed by atoms with van der Waals surface area (Å²) < 4.78 is 11.5. The van der Waals surface area contributed by atoms with Crippen molar-refractivity contribution in [2.24, 2.45) is 23.2 Å². The molecule has 5 heterocycles. The van der Waals surface area contributed by atoms with Gasteiger partial charge in [-0.2, -0.15) is 12.8 Å². The monoisotopic (exact) mass is 805 g/mol.